The fourth-order valence-electron chi connectivity index (χ4n) is 2.00. The molecule has 0 saturated carbocycles. The van der Waals surface area contributed by atoms with Gasteiger partial charge in [-0.1, -0.05) is 18.2 Å². The molecular formula is C13H8N2. The molecule has 1 N–H and O–H groups in total. The Hall–Kier alpha value is -2.27. The van der Waals surface area contributed by atoms with E-state index in [0.29, 0.717) is 0 Å². The normalized spacial score (nSPS) is 10.6. The first kappa shape index (κ1) is 8.07. The van der Waals surface area contributed by atoms with Gasteiger partial charge in [-0.3, -0.25) is 0 Å². The first-order valence-corrected chi connectivity index (χ1v) is 4.79. The van der Waals surface area contributed by atoms with Crippen LogP contribution in [0.15, 0.2) is 42.6 Å². The average molecular weight is 192 g/mol. The van der Waals surface area contributed by atoms with Crippen molar-refractivity contribution >= 4 is 21.7 Å². The summed E-state index contributed by atoms with van der Waals surface area (Å²) >= 11 is 0. The van der Waals surface area contributed by atoms with E-state index in [0.717, 1.165) is 21.9 Å². The number of nitriles is 1. The smallest absolute Gasteiger partial charge is 0.0998 e. The summed E-state index contributed by atoms with van der Waals surface area (Å²) in [5.74, 6) is 0. The molecule has 0 radical (unpaired) electrons. The summed E-state index contributed by atoms with van der Waals surface area (Å²) < 4.78 is 0. The van der Waals surface area contributed by atoms with Gasteiger partial charge in [0, 0.05) is 22.5 Å². The Morgan fingerprint density at radius 2 is 1.87 bits per heavy atom. The minimum atomic E-state index is 0.732. The molecule has 0 bridgehead atoms. The molecule has 0 atom stereocenters. The molecule has 3 aromatic rings. The molecule has 0 spiro atoms. The first-order valence-electron chi connectivity index (χ1n) is 4.79. The first-order chi connectivity index (χ1) is 7.40. The van der Waals surface area contributed by atoms with Crippen LogP contribution in [0.1, 0.15) is 5.56 Å². The van der Waals surface area contributed by atoms with Gasteiger partial charge >= 0.3 is 0 Å². The Balaban J connectivity index is 2.61. The fraction of sp³-hybridized carbons (Fsp3) is 0. The van der Waals surface area contributed by atoms with E-state index in [9.17, 15) is 0 Å². The second kappa shape index (κ2) is 2.86. The maximum absolute atomic E-state index is 9.00. The van der Waals surface area contributed by atoms with Gasteiger partial charge in [0.1, 0.15) is 0 Å². The summed E-state index contributed by atoms with van der Waals surface area (Å²) in [6.45, 7) is 0. The molecule has 2 aromatic carbocycles. The number of nitrogens with zero attached hydrogens (tertiary/aromatic N) is 1. The van der Waals surface area contributed by atoms with E-state index in [1.54, 1.807) is 0 Å². The summed E-state index contributed by atoms with van der Waals surface area (Å²) in [5, 5.41) is 12.3. The van der Waals surface area contributed by atoms with Crippen LogP contribution in [-0.2, 0) is 0 Å². The Labute approximate surface area is 86.8 Å². The highest BCUT2D eigenvalue weighted by Crippen LogP contribution is 2.26. The van der Waals surface area contributed by atoms with Crippen molar-refractivity contribution in [2.75, 3.05) is 0 Å². The second-order valence-corrected chi connectivity index (χ2v) is 3.52. The predicted molar refractivity (Wildman–Crippen MR) is 60.5 cm³/mol. The number of fused-ring (bicyclic) bond motifs is 3. The number of aromatic nitrogens is 1. The van der Waals surface area contributed by atoms with Crippen molar-refractivity contribution in [3.05, 3.63) is 48.2 Å². The van der Waals surface area contributed by atoms with Gasteiger partial charge in [0.15, 0.2) is 0 Å². The van der Waals surface area contributed by atoms with Crippen LogP contribution in [0.25, 0.3) is 21.7 Å². The monoisotopic (exact) mass is 192 g/mol. The summed E-state index contributed by atoms with van der Waals surface area (Å²) in [5.41, 5.74) is 1.84. The summed E-state index contributed by atoms with van der Waals surface area (Å²) in [6.07, 6.45) is 1.92. The summed E-state index contributed by atoms with van der Waals surface area (Å²) in [7, 11) is 0. The van der Waals surface area contributed by atoms with E-state index in [-0.39, 0.29) is 0 Å². The number of aromatic amines is 1. The lowest BCUT2D eigenvalue weighted by atomic mass is 10.0. The predicted octanol–water partition coefficient (Wildman–Crippen LogP) is 3.19. The van der Waals surface area contributed by atoms with Gasteiger partial charge in [-0.15, -0.1) is 0 Å². The van der Waals surface area contributed by atoms with Gasteiger partial charge < -0.3 is 4.98 Å². The van der Waals surface area contributed by atoms with Gasteiger partial charge in [0.25, 0.3) is 0 Å². The standard InChI is InChI=1S/C13H8N2/c14-8-9-2-1-3-11-10(9)4-5-13-12(11)6-7-15-13/h1-7,15H. The molecule has 15 heavy (non-hydrogen) atoms. The topological polar surface area (TPSA) is 39.6 Å². The lowest BCUT2D eigenvalue weighted by molar-refractivity contribution is 1.48. The van der Waals surface area contributed by atoms with E-state index in [2.05, 4.69) is 11.1 Å². The SMILES string of the molecule is N#Cc1cccc2c1ccc1[nH]ccc12. The average Bonchev–Trinajstić information content (AvgIpc) is 2.76. The fourth-order valence-corrected chi connectivity index (χ4v) is 2.00. The highest BCUT2D eigenvalue weighted by atomic mass is 14.7. The van der Waals surface area contributed by atoms with Crippen molar-refractivity contribution in [1.82, 2.24) is 4.98 Å². The van der Waals surface area contributed by atoms with Crippen molar-refractivity contribution in [3.8, 4) is 6.07 Å². The molecule has 0 saturated heterocycles. The number of hydrogen-bond donors (Lipinski definition) is 1. The van der Waals surface area contributed by atoms with Crippen LogP contribution >= 0.6 is 0 Å². The molecule has 0 aliphatic rings. The largest absolute Gasteiger partial charge is 0.361 e. The maximum Gasteiger partial charge on any atom is 0.0998 e. The number of nitrogens with one attached hydrogen (secondary N) is 1. The molecule has 0 amide bonds. The van der Waals surface area contributed by atoms with Gasteiger partial charge in [-0.25, -0.2) is 0 Å². The third-order valence-electron chi connectivity index (χ3n) is 2.71. The second-order valence-electron chi connectivity index (χ2n) is 3.52. The van der Waals surface area contributed by atoms with Gasteiger partial charge in [0.05, 0.1) is 11.6 Å². The highest BCUT2D eigenvalue weighted by molar-refractivity contribution is 6.08. The van der Waals surface area contributed by atoms with Crippen LogP contribution in [0.5, 0.6) is 0 Å². The van der Waals surface area contributed by atoms with Gasteiger partial charge in [-0.2, -0.15) is 5.26 Å². The quantitative estimate of drug-likeness (QED) is 0.583. The van der Waals surface area contributed by atoms with Gasteiger partial charge in [-0.05, 0) is 23.6 Å². The maximum atomic E-state index is 9.00. The molecule has 2 nitrogen and oxygen atoms in total. The molecular weight excluding hydrogens is 184 g/mol. The Morgan fingerprint density at radius 3 is 2.73 bits per heavy atom. The zero-order valence-electron chi connectivity index (χ0n) is 7.99. The molecule has 1 aromatic heterocycles. The molecule has 0 aliphatic carbocycles. The van der Waals surface area contributed by atoms with Crippen LogP contribution in [0.3, 0.4) is 0 Å². The Kier molecular flexibility index (Phi) is 1.54. The van der Waals surface area contributed by atoms with E-state index in [4.69, 9.17) is 5.26 Å². The lowest BCUT2D eigenvalue weighted by Gasteiger charge is -2.00. The van der Waals surface area contributed by atoms with Crippen LogP contribution in [0.2, 0.25) is 0 Å². The zero-order chi connectivity index (χ0) is 10.3. The van der Waals surface area contributed by atoms with Crippen LogP contribution in [0, 0.1) is 11.3 Å². The summed E-state index contributed by atoms with van der Waals surface area (Å²) in [6, 6.07) is 14.1. The molecule has 1 heterocycles. The third kappa shape index (κ3) is 1.04. The molecule has 0 unspecified atom stereocenters. The minimum Gasteiger partial charge on any atom is -0.361 e. The van der Waals surface area contributed by atoms with Crippen molar-refractivity contribution in [1.29, 1.82) is 5.26 Å². The molecule has 0 aliphatic heterocycles. The Bertz CT molecular complexity index is 686. The van der Waals surface area contributed by atoms with Crippen molar-refractivity contribution in [2.45, 2.75) is 0 Å². The minimum absolute atomic E-state index is 0.732. The van der Waals surface area contributed by atoms with E-state index in [1.807, 2.05) is 42.6 Å². The molecule has 0 fully saturated rings. The molecule has 70 valence electrons. The lowest BCUT2D eigenvalue weighted by Crippen LogP contribution is -1.79. The number of benzene rings is 2. The van der Waals surface area contributed by atoms with Crippen molar-refractivity contribution in [3.63, 3.8) is 0 Å². The summed E-state index contributed by atoms with van der Waals surface area (Å²) in [4.78, 5) is 3.17. The zero-order valence-corrected chi connectivity index (χ0v) is 7.99. The van der Waals surface area contributed by atoms with E-state index >= 15 is 0 Å². The van der Waals surface area contributed by atoms with Crippen LogP contribution < -0.4 is 0 Å². The third-order valence-corrected chi connectivity index (χ3v) is 2.71. The highest BCUT2D eigenvalue weighted by Gasteiger charge is 2.03. The number of rotatable bonds is 0. The number of hydrogen-bond acceptors (Lipinski definition) is 1. The van der Waals surface area contributed by atoms with Crippen molar-refractivity contribution in [2.24, 2.45) is 0 Å². The van der Waals surface area contributed by atoms with E-state index < -0.39 is 0 Å². The van der Waals surface area contributed by atoms with Gasteiger partial charge in [0.2, 0.25) is 0 Å². The molecule has 2 heteroatoms. The van der Waals surface area contributed by atoms with Crippen LogP contribution in [-0.4, -0.2) is 4.98 Å². The van der Waals surface area contributed by atoms with Crippen molar-refractivity contribution < 1.29 is 0 Å². The number of H-pyrrole nitrogens is 1. The Morgan fingerprint density at radius 1 is 0.933 bits per heavy atom. The van der Waals surface area contributed by atoms with Crippen LogP contribution in [0.4, 0.5) is 0 Å². The molecule has 3 rings (SSSR count). The van der Waals surface area contributed by atoms with E-state index in [1.165, 1.54) is 5.39 Å².